The molecule has 0 spiro atoms. The summed E-state index contributed by atoms with van der Waals surface area (Å²) in [4.78, 5) is 4.06. The number of hydrogen-bond donors (Lipinski definition) is 0. The first kappa shape index (κ1) is 35.0. The predicted octanol–water partition coefficient (Wildman–Crippen LogP) is 16.7. The summed E-state index contributed by atoms with van der Waals surface area (Å²) in [5.41, 5.74) is 12.7. The van der Waals surface area contributed by atoms with Crippen LogP contribution in [0.15, 0.2) is 200 Å². The Kier molecular flexibility index (Phi) is 8.38. The molecule has 1 nitrogen and oxygen atoms in total. The second kappa shape index (κ2) is 14.4. The summed E-state index contributed by atoms with van der Waals surface area (Å²) >= 11 is 1.97. The quantitative estimate of drug-likeness (QED) is 0.152. The van der Waals surface area contributed by atoms with E-state index in [2.05, 4.69) is 205 Å². The second-order valence-corrected chi connectivity index (χ2v) is 17.4. The van der Waals surface area contributed by atoms with Crippen molar-refractivity contribution in [1.82, 2.24) is 0 Å². The third kappa shape index (κ3) is 5.90. The molecule has 1 aromatic heterocycles. The van der Waals surface area contributed by atoms with Crippen LogP contribution in [-0.4, -0.2) is 0 Å². The van der Waals surface area contributed by atoms with Crippen LogP contribution in [-0.2, 0) is 6.42 Å². The van der Waals surface area contributed by atoms with Gasteiger partial charge >= 0.3 is 0 Å². The Labute approximate surface area is 354 Å². The number of thiophene rings is 1. The van der Waals surface area contributed by atoms with Gasteiger partial charge in [-0.3, -0.25) is 0 Å². The van der Waals surface area contributed by atoms with Crippen LogP contribution in [0.4, 0.5) is 11.4 Å². The molecule has 284 valence electrons. The molecule has 0 radical (unpaired) electrons. The minimum atomic E-state index is 0.921. The fourth-order valence-electron chi connectivity index (χ4n) is 9.84. The lowest BCUT2D eigenvalue weighted by Crippen LogP contribution is -2.19. The first-order valence-corrected chi connectivity index (χ1v) is 22.0. The topological polar surface area (TPSA) is 3.24 Å². The van der Waals surface area contributed by atoms with Gasteiger partial charge in [-0.05, 0) is 151 Å². The molecule has 12 rings (SSSR count). The molecule has 0 fully saturated rings. The van der Waals surface area contributed by atoms with E-state index < -0.39 is 0 Å². The van der Waals surface area contributed by atoms with Gasteiger partial charge in [-0.2, -0.15) is 0 Å². The summed E-state index contributed by atoms with van der Waals surface area (Å²) in [5, 5.41) is 11.6. The average molecular weight is 784 g/mol. The van der Waals surface area contributed by atoms with Crippen molar-refractivity contribution in [3.8, 4) is 22.3 Å². The Balaban J connectivity index is 1.03. The Morgan fingerprint density at radius 3 is 2.00 bits per heavy atom. The molecule has 10 aromatic rings. The second-order valence-electron chi connectivity index (χ2n) is 16.3. The van der Waals surface area contributed by atoms with Gasteiger partial charge < -0.3 is 4.90 Å². The predicted molar refractivity (Wildman–Crippen MR) is 260 cm³/mol. The van der Waals surface area contributed by atoms with Crippen molar-refractivity contribution in [2.24, 2.45) is 0 Å². The lowest BCUT2D eigenvalue weighted by atomic mass is 9.91. The Hall–Kier alpha value is -7.00. The van der Waals surface area contributed by atoms with Crippen LogP contribution in [0, 0.1) is 0 Å². The maximum Gasteiger partial charge on any atom is 0.0537 e. The first-order valence-electron chi connectivity index (χ1n) is 21.2. The van der Waals surface area contributed by atoms with E-state index in [1.54, 1.807) is 0 Å². The first-order chi connectivity index (χ1) is 29.7. The Morgan fingerprint density at radius 1 is 0.433 bits per heavy atom. The van der Waals surface area contributed by atoms with Crippen LogP contribution in [0.25, 0.3) is 87.1 Å². The molecule has 0 amide bonds. The molecule has 0 atom stereocenters. The van der Waals surface area contributed by atoms with Crippen LogP contribution in [0.1, 0.15) is 35.3 Å². The zero-order chi connectivity index (χ0) is 39.6. The van der Waals surface area contributed by atoms with Gasteiger partial charge in [-0.15, -0.1) is 11.3 Å². The van der Waals surface area contributed by atoms with Gasteiger partial charge in [0.05, 0.1) is 5.69 Å². The van der Waals surface area contributed by atoms with E-state index in [0.29, 0.717) is 0 Å². The molecule has 0 saturated heterocycles. The van der Waals surface area contributed by atoms with Crippen molar-refractivity contribution in [3.63, 3.8) is 0 Å². The van der Waals surface area contributed by atoms with E-state index in [1.165, 1.54) is 108 Å². The number of para-hydroxylation sites is 1. The number of aryl methyl sites for hydroxylation is 1. The standard InChI is InChI=1S/C58H41NS/c1-3-16-47-39(12-1)24-25-40-26-27-43(35-53(40)47)41-14-11-15-46(34-41)59(45-31-28-38(29-32-45)42-30-33-58-55(36-42)52-21-8-10-23-57(52)60-58)56-22-9-7-20-51(56)54-37-44-13-2-4-17-48(44)49-18-5-6-19-50(49)54/h1-9,11-22,24-28,30-31,33-37H,10,23,29,32H2. The van der Waals surface area contributed by atoms with E-state index >= 15 is 0 Å². The number of hydrogen-bond acceptors (Lipinski definition) is 2. The number of nitrogens with zero attached hydrogens (tertiary/aromatic N) is 1. The molecule has 0 saturated carbocycles. The monoisotopic (exact) mass is 783 g/mol. The van der Waals surface area contributed by atoms with Crippen molar-refractivity contribution in [2.45, 2.75) is 25.7 Å². The number of rotatable bonds is 6. The maximum atomic E-state index is 2.54. The largest absolute Gasteiger partial charge is 0.314 e. The van der Waals surface area contributed by atoms with Gasteiger partial charge in [-0.1, -0.05) is 152 Å². The van der Waals surface area contributed by atoms with E-state index in [4.69, 9.17) is 0 Å². The minimum absolute atomic E-state index is 0.921. The third-order valence-electron chi connectivity index (χ3n) is 12.8. The van der Waals surface area contributed by atoms with E-state index in [0.717, 1.165) is 31.4 Å². The Bertz CT molecular complexity index is 3450. The normalized spacial score (nSPS) is 13.9. The van der Waals surface area contributed by atoms with Crippen molar-refractivity contribution in [1.29, 1.82) is 0 Å². The smallest absolute Gasteiger partial charge is 0.0537 e. The summed E-state index contributed by atoms with van der Waals surface area (Å²) in [6.45, 7) is 0. The fourth-order valence-corrected chi connectivity index (χ4v) is 11.0. The van der Waals surface area contributed by atoms with Crippen molar-refractivity contribution in [3.05, 3.63) is 216 Å². The summed E-state index contributed by atoms with van der Waals surface area (Å²) in [7, 11) is 0. The summed E-state index contributed by atoms with van der Waals surface area (Å²) in [6.07, 6.45) is 13.6. The molecule has 1 heterocycles. The van der Waals surface area contributed by atoms with Crippen LogP contribution >= 0.6 is 11.3 Å². The highest BCUT2D eigenvalue weighted by atomic mass is 32.1. The van der Waals surface area contributed by atoms with Crippen molar-refractivity contribution < 1.29 is 0 Å². The van der Waals surface area contributed by atoms with Crippen molar-refractivity contribution in [2.75, 3.05) is 4.90 Å². The zero-order valence-corrected chi connectivity index (χ0v) is 34.1. The van der Waals surface area contributed by atoms with Gasteiger partial charge in [0, 0.05) is 31.9 Å². The minimum Gasteiger partial charge on any atom is -0.314 e. The zero-order valence-electron chi connectivity index (χ0n) is 33.2. The van der Waals surface area contributed by atoms with Crippen LogP contribution in [0.3, 0.4) is 0 Å². The van der Waals surface area contributed by atoms with E-state index in [-0.39, 0.29) is 0 Å². The van der Waals surface area contributed by atoms with Crippen LogP contribution in [0.5, 0.6) is 0 Å². The number of allylic oxidation sites excluding steroid dienone is 5. The number of benzene rings is 9. The molecule has 0 N–H and O–H groups in total. The van der Waals surface area contributed by atoms with E-state index in [9.17, 15) is 0 Å². The van der Waals surface area contributed by atoms with Crippen LogP contribution < -0.4 is 4.90 Å². The summed E-state index contributed by atoms with van der Waals surface area (Å²) < 4.78 is 1.39. The lowest BCUT2D eigenvalue weighted by Gasteiger charge is -2.32. The molecule has 2 heteroatoms. The van der Waals surface area contributed by atoms with Crippen LogP contribution in [0.2, 0.25) is 0 Å². The molecule has 0 aliphatic heterocycles. The number of anilines is 2. The SMILES string of the molecule is C1=Cc2c(sc3ccc(C4=CC=C(N(c5cccc(-c6ccc7ccc8ccccc8c7c6)c5)c5ccccc5-c5cc6ccccc6c6ccccc56)CC4)cc23)CC1. The van der Waals surface area contributed by atoms with E-state index in [1.807, 2.05) is 11.3 Å². The van der Waals surface area contributed by atoms with Gasteiger partial charge in [0.25, 0.3) is 0 Å². The highest BCUT2D eigenvalue weighted by molar-refractivity contribution is 7.19. The average Bonchev–Trinajstić information content (AvgIpc) is 3.70. The van der Waals surface area contributed by atoms with Gasteiger partial charge in [0.15, 0.2) is 0 Å². The molecule has 0 bridgehead atoms. The molecule has 60 heavy (non-hydrogen) atoms. The Morgan fingerprint density at radius 2 is 1.13 bits per heavy atom. The molecular weight excluding hydrogens is 743 g/mol. The molecule has 2 aliphatic carbocycles. The van der Waals surface area contributed by atoms with Crippen molar-refractivity contribution >= 4 is 87.5 Å². The maximum absolute atomic E-state index is 2.54. The number of fused-ring (bicyclic) bond motifs is 9. The highest BCUT2D eigenvalue weighted by Gasteiger charge is 2.23. The molecule has 9 aromatic carbocycles. The van der Waals surface area contributed by atoms with Gasteiger partial charge in [-0.25, -0.2) is 0 Å². The molecular formula is C58H41NS. The summed E-state index contributed by atoms with van der Waals surface area (Å²) in [5.74, 6) is 0. The fraction of sp³-hybridized carbons (Fsp3) is 0.0690. The van der Waals surface area contributed by atoms with Gasteiger partial charge in [0.1, 0.15) is 0 Å². The van der Waals surface area contributed by atoms with Gasteiger partial charge in [0.2, 0.25) is 0 Å². The third-order valence-corrected chi connectivity index (χ3v) is 14.0. The highest BCUT2D eigenvalue weighted by Crippen LogP contribution is 2.46. The molecule has 2 aliphatic rings. The summed E-state index contributed by atoms with van der Waals surface area (Å²) in [6, 6.07) is 65.5. The lowest BCUT2D eigenvalue weighted by molar-refractivity contribution is 0.930. The molecule has 0 unspecified atom stereocenters.